The van der Waals surface area contributed by atoms with E-state index >= 15 is 0 Å². The third kappa shape index (κ3) is 3.50. The van der Waals surface area contributed by atoms with Crippen molar-refractivity contribution in [2.75, 3.05) is 37.1 Å². The summed E-state index contributed by atoms with van der Waals surface area (Å²) in [6, 6.07) is 0.745. The monoisotopic (exact) mass is 246 g/mol. The zero-order valence-electron chi connectivity index (χ0n) is 9.83. The number of aromatic nitrogens is 1. The van der Waals surface area contributed by atoms with Crippen LogP contribution in [0.5, 0.6) is 0 Å². The number of hydrazine groups is 1. The number of likely N-dealkylation sites (N-methyl/N-ethyl adjacent to an activating group) is 1. The molecule has 1 aromatic rings. The molecule has 1 rings (SSSR count). The highest BCUT2D eigenvalue weighted by Crippen LogP contribution is 2.20. The van der Waals surface area contributed by atoms with E-state index in [0.717, 1.165) is 6.07 Å². The predicted molar refractivity (Wildman–Crippen MR) is 61.7 cm³/mol. The Morgan fingerprint density at radius 2 is 2.18 bits per heavy atom. The maximum Gasteiger partial charge on any atom is 0.178 e. The molecule has 1 heterocycles. The highest BCUT2D eigenvalue weighted by Gasteiger charge is 2.14. The molecule has 0 saturated carbocycles. The summed E-state index contributed by atoms with van der Waals surface area (Å²) < 4.78 is 31.7. The normalized spacial score (nSPS) is 10.4. The van der Waals surface area contributed by atoms with Crippen LogP contribution in [0.15, 0.2) is 6.07 Å². The number of rotatable bonds is 6. The van der Waals surface area contributed by atoms with Crippen LogP contribution in [0.2, 0.25) is 0 Å². The Labute approximate surface area is 98.5 Å². The lowest BCUT2D eigenvalue weighted by atomic mass is 10.3. The van der Waals surface area contributed by atoms with Gasteiger partial charge in [-0.15, -0.1) is 0 Å². The molecule has 0 aliphatic heterocycles. The van der Waals surface area contributed by atoms with Crippen LogP contribution in [0.25, 0.3) is 0 Å². The molecule has 0 aromatic carbocycles. The van der Waals surface area contributed by atoms with Crippen LogP contribution in [0.1, 0.15) is 6.92 Å². The molecular weight excluding hydrogens is 230 g/mol. The van der Waals surface area contributed by atoms with Crippen LogP contribution in [0.4, 0.5) is 20.4 Å². The quantitative estimate of drug-likeness (QED) is 0.447. The van der Waals surface area contributed by atoms with E-state index in [1.165, 1.54) is 4.90 Å². The predicted octanol–water partition coefficient (Wildman–Crippen LogP) is 1.12. The van der Waals surface area contributed by atoms with E-state index in [9.17, 15) is 8.78 Å². The summed E-state index contributed by atoms with van der Waals surface area (Å²) >= 11 is 0. The Kier molecular flexibility index (Phi) is 5.05. The Bertz CT molecular complexity index is 376. The molecule has 1 aromatic heterocycles. The highest BCUT2D eigenvalue weighted by atomic mass is 19.1. The lowest BCUT2D eigenvalue weighted by Gasteiger charge is -2.19. The van der Waals surface area contributed by atoms with E-state index in [1.807, 2.05) is 6.92 Å². The van der Waals surface area contributed by atoms with Crippen molar-refractivity contribution in [1.29, 1.82) is 0 Å². The van der Waals surface area contributed by atoms with Crippen LogP contribution in [-0.4, -0.2) is 31.8 Å². The number of pyridine rings is 1. The first-order chi connectivity index (χ1) is 8.10. The number of nitrogens with zero attached hydrogens (tertiary/aromatic N) is 2. The van der Waals surface area contributed by atoms with Crippen LogP contribution in [0, 0.1) is 11.6 Å². The lowest BCUT2D eigenvalue weighted by Crippen LogP contribution is -2.25. The second-order valence-electron chi connectivity index (χ2n) is 3.39. The van der Waals surface area contributed by atoms with Gasteiger partial charge in [0.05, 0.1) is 6.61 Å². The fraction of sp³-hybridized carbons (Fsp3) is 0.500. The first kappa shape index (κ1) is 13.6. The number of anilines is 2. The maximum atomic E-state index is 13.5. The molecular formula is C10H16F2N4O. The fourth-order valence-electron chi connectivity index (χ4n) is 1.28. The number of nitrogen functional groups attached to an aromatic ring is 1. The highest BCUT2D eigenvalue weighted by molar-refractivity contribution is 5.48. The Morgan fingerprint density at radius 3 is 2.76 bits per heavy atom. The van der Waals surface area contributed by atoms with E-state index < -0.39 is 11.6 Å². The van der Waals surface area contributed by atoms with E-state index in [4.69, 9.17) is 10.6 Å². The molecule has 5 nitrogen and oxygen atoms in total. The second kappa shape index (κ2) is 6.31. The van der Waals surface area contributed by atoms with Crippen molar-refractivity contribution in [1.82, 2.24) is 4.98 Å². The minimum atomic E-state index is -0.827. The van der Waals surface area contributed by atoms with Gasteiger partial charge in [0.25, 0.3) is 0 Å². The van der Waals surface area contributed by atoms with Crippen molar-refractivity contribution in [2.24, 2.45) is 5.84 Å². The number of halogens is 2. The molecule has 0 saturated heterocycles. The number of hydrogen-bond donors (Lipinski definition) is 2. The van der Waals surface area contributed by atoms with Gasteiger partial charge in [-0.3, -0.25) is 0 Å². The number of nitrogens with one attached hydrogen (secondary N) is 1. The zero-order chi connectivity index (χ0) is 12.8. The smallest absolute Gasteiger partial charge is 0.178 e. The summed E-state index contributed by atoms with van der Waals surface area (Å²) in [4.78, 5) is 5.29. The molecule has 0 spiro atoms. The minimum absolute atomic E-state index is 0.0269. The van der Waals surface area contributed by atoms with Crippen LogP contribution in [-0.2, 0) is 4.74 Å². The zero-order valence-corrected chi connectivity index (χ0v) is 9.83. The summed E-state index contributed by atoms with van der Waals surface area (Å²) in [5, 5.41) is 0. The molecule has 3 N–H and O–H groups in total. The standard InChI is InChI=1S/C10H16F2N4O/c1-3-17-5-4-16(2)10-8(12)6-7(11)9(14-10)15-13/h6H,3-5,13H2,1-2H3,(H,14,15). The average molecular weight is 246 g/mol. The van der Waals surface area contributed by atoms with E-state index in [1.54, 1.807) is 7.05 Å². The van der Waals surface area contributed by atoms with Crippen molar-refractivity contribution in [3.63, 3.8) is 0 Å². The third-order valence-electron chi connectivity index (χ3n) is 2.18. The van der Waals surface area contributed by atoms with Gasteiger partial charge in [0.15, 0.2) is 23.3 Å². The van der Waals surface area contributed by atoms with E-state index in [-0.39, 0.29) is 11.6 Å². The molecule has 0 radical (unpaired) electrons. The summed E-state index contributed by atoms with van der Waals surface area (Å²) in [6.45, 7) is 3.35. The van der Waals surface area contributed by atoms with Crippen LogP contribution < -0.4 is 16.2 Å². The van der Waals surface area contributed by atoms with Gasteiger partial charge in [-0.05, 0) is 6.92 Å². The number of nitrogens with two attached hydrogens (primary N) is 1. The lowest BCUT2D eigenvalue weighted by molar-refractivity contribution is 0.154. The summed E-state index contributed by atoms with van der Waals surface area (Å²) in [5.74, 6) is 3.35. The molecule has 0 fully saturated rings. The van der Waals surface area contributed by atoms with Crippen LogP contribution in [0.3, 0.4) is 0 Å². The van der Waals surface area contributed by atoms with Crippen molar-refractivity contribution in [3.05, 3.63) is 17.7 Å². The Balaban J connectivity index is 2.81. The first-order valence-corrected chi connectivity index (χ1v) is 5.21. The SMILES string of the molecule is CCOCCN(C)c1nc(NN)c(F)cc1F. The van der Waals surface area contributed by atoms with Gasteiger partial charge in [-0.1, -0.05) is 0 Å². The van der Waals surface area contributed by atoms with Crippen molar-refractivity contribution in [3.8, 4) is 0 Å². The number of ether oxygens (including phenoxy) is 1. The van der Waals surface area contributed by atoms with Crippen molar-refractivity contribution >= 4 is 11.6 Å². The molecule has 0 unspecified atom stereocenters. The van der Waals surface area contributed by atoms with Gasteiger partial charge >= 0.3 is 0 Å². The van der Waals surface area contributed by atoms with Gasteiger partial charge in [0, 0.05) is 26.3 Å². The summed E-state index contributed by atoms with van der Waals surface area (Å²) in [6.07, 6.45) is 0. The fourth-order valence-corrected chi connectivity index (χ4v) is 1.28. The van der Waals surface area contributed by atoms with E-state index in [2.05, 4.69) is 10.4 Å². The molecule has 0 aliphatic carbocycles. The molecule has 0 atom stereocenters. The van der Waals surface area contributed by atoms with Crippen LogP contribution >= 0.6 is 0 Å². The van der Waals surface area contributed by atoms with Crippen molar-refractivity contribution < 1.29 is 13.5 Å². The number of hydrogen-bond acceptors (Lipinski definition) is 5. The Morgan fingerprint density at radius 1 is 1.47 bits per heavy atom. The first-order valence-electron chi connectivity index (χ1n) is 5.21. The van der Waals surface area contributed by atoms with Crippen molar-refractivity contribution in [2.45, 2.75) is 6.92 Å². The summed E-state index contributed by atoms with van der Waals surface area (Å²) in [5.41, 5.74) is 2.07. The van der Waals surface area contributed by atoms with E-state index in [0.29, 0.717) is 19.8 Å². The molecule has 96 valence electrons. The summed E-state index contributed by atoms with van der Waals surface area (Å²) in [7, 11) is 1.64. The molecule has 0 amide bonds. The van der Waals surface area contributed by atoms with Gasteiger partial charge in [0.2, 0.25) is 0 Å². The molecule has 0 bridgehead atoms. The molecule has 7 heteroatoms. The van der Waals surface area contributed by atoms with Gasteiger partial charge in [-0.2, -0.15) is 0 Å². The molecule has 17 heavy (non-hydrogen) atoms. The minimum Gasteiger partial charge on any atom is -0.380 e. The maximum absolute atomic E-state index is 13.5. The topological polar surface area (TPSA) is 63.4 Å². The third-order valence-corrected chi connectivity index (χ3v) is 2.18. The largest absolute Gasteiger partial charge is 0.380 e. The average Bonchev–Trinajstić information content (AvgIpc) is 2.29. The van der Waals surface area contributed by atoms with Gasteiger partial charge in [-0.25, -0.2) is 19.6 Å². The van der Waals surface area contributed by atoms with Gasteiger partial charge in [0.1, 0.15) is 0 Å². The second-order valence-corrected chi connectivity index (χ2v) is 3.39. The Hall–Kier alpha value is -1.47. The van der Waals surface area contributed by atoms with Gasteiger partial charge < -0.3 is 15.1 Å². The molecule has 0 aliphatic rings.